The zero-order valence-corrected chi connectivity index (χ0v) is 21.4. The SMILES string of the molecule is CCOc1ccc2c(c1)[C@H](C)CC(C)(C)N2C(=O)c1ccc(OC)c(S(=O)(=O)N2CCCC2)c1. The number of hydrogen-bond acceptors (Lipinski definition) is 5. The van der Waals surface area contributed by atoms with Crippen LogP contribution in [-0.2, 0) is 10.0 Å². The molecule has 2 aromatic rings. The Bertz CT molecular complexity index is 1190. The Labute approximate surface area is 202 Å². The van der Waals surface area contributed by atoms with Crippen LogP contribution in [0.3, 0.4) is 0 Å². The highest BCUT2D eigenvalue weighted by Crippen LogP contribution is 2.45. The van der Waals surface area contributed by atoms with E-state index in [-0.39, 0.29) is 22.5 Å². The second-order valence-corrected chi connectivity index (χ2v) is 11.6. The van der Waals surface area contributed by atoms with Gasteiger partial charge in [-0.05, 0) is 87.9 Å². The van der Waals surface area contributed by atoms with Gasteiger partial charge in [0.1, 0.15) is 16.4 Å². The van der Waals surface area contributed by atoms with E-state index in [1.807, 2.05) is 39.0 Å². The molecular weight excluding hydrogens is 452 g/mol. The van der Waals surface area contributed by atoms with Gasteiger partial charge >= 0.3 is 0 Å². The van der Waals surface area contributed by atoms with Crippen LogP contribution in [0.4, 0.5) is 5.69 Å². The van der Waals surface area contributed by atoms with Crippen molar-refractivity contribution in [3.63, 3.8) is 0 Å². The van der Waals surface area contributed by atoms with E-state index >= 15 is 0 Å². The van der Waals surface area contributed by atoms with Gasteiger partial charge in [0.05, 0.1) is 13.7 Å². The van der Waals surface area contributed by atoms with Gasteiger partial charge in [0.25, 0.3) is 5.91 Å². The summed E-state index contributed by atoms with van der Waals surface area (Å²) < 4.78 is 39.2. The molecule has 0 aromatic heterocycles. The highest BCUT2D eigenvalue weighted by atomic mass is 32.2. The minimum absolute atomic E-state index is 0.0397. The number of carbonyl (C=O) groups excluding carboxylic acids is 1. The monoisotopic (exact) mass is 486 g/mol. The Morgan fingerprint density at radius 3 is 2.47 bits per heavy atom. The molecule has 34 heavy (non-hydrogen) atoms. The Morgan fingerprint density at radius 2 is 1.82 bits per heavy atom. The molecule has 0 radical (unpaired) electrons. The van der Waals surface area contributed by atoms with Gasteiger partial charge in [0.15, 0.2) is 0 Å². The van der Waals surface area contributed by atoms with Gasteiger partial charge in [0, 0.05) is 29.9 Å². The van der Waals surface area contributed by atoms with Gasteiger partial charge in [-0.25, -0.2) is 8.42 Å². The first-order valence-corrected chi connectivity index (χ1v) is 13.3. The van der Waals surface area contributed by atoms with Crippen LogP contribution >= 0.6 is 0 Å². The Morgan fingerprint density at radius 1 is 1.12 bits per heavy atom. The average Bonchev–Trinajstić information content (AvgIpc) is 3.34. The van der Waals surface area contributed by atoms with Crippen molar-refractivity contribution in [2.75, 3.05) is 31.7 Å². The molecular formula is C26H34N2O5S. The fraction of sp³-hybridized carbons (Fsp3) is 0.500. The first kappa shape index (κ1) is 24.5. The van der Waals surface area contributed by atoms with Gasteiger partial charge in [-0.1, -0.05) is 6.92 Å². The van der Waals surface area contributed by atoms with Crippen molar-refractivity contribution in [1.29, 1.82) is 0 Å². The summed E-state index contributed by atoms with van der Waals surface area (Å²) in [7, 11) is -2.31. The van der Waals surface area contributed by atoms with E-state index in [1.165, 1.54) is 17.5 Å². The molecule has 1 saturated heterocycles. The number of ether oxygens (including phenoxy) is 2. The summed E-state index contributed by atoms with van der Waals surface area (Å²) in [6.07, 6.45) is 2.44. The number of methoxy groups -OCH3 is 1. The molecule has 2 heterocycles. The molecule has 0 unspecified atom stereocenters. The van der Waals surface area contributed by atoms with Crippen LogP contribution in [0.1, 0.15) is 68.8 Å². The van der Waals surface area contributed by atoms with Crippen molar-refractivity contribution < 1.29 is 22.7 Å². The van der Waals surface area contributed by atoms with E-state index in [0.29, 0.717) is 25.3 Å². The highest BCUT2D eigenvalue weighted by Gasteiger charge is 2.41. The average molecular weight is 487 g/mol. The lowest BCUT2D eigenvalue weighted by Crippen LogP contribution is -2.51. The molecule has 0 bridgehead atoms. The lowest BCUT2D eigenvalue weighted by Gasteiger charge is -2.46. The Hall–Kier alpha value is -2.58. The number of rotatable bonds is 6. The molecule has 0 aliphatic carbocycles. The van der Waals surface area contributed by atoms with Gasteiger partial charge in [-0.15, -0.1) is 0 Å². The third kappa shape index (κ3) is 4.29. The van der Waals surface area contributed by atoms with Crippen LogP contribution in [0.2, 0.25) is 0 Å². The van der Waals surface area contributed by atoms with Gasteiger partial charge in [-0.2, -0.15) is 4.31 Å². The number of fused-ring (bicyclic) bond motifs is 1. The quantitative estimate of drug-likeness (QED) is 0.586. The molecule has 184 valence electrons. The van der Waals surface area contributed by atoms with Crippen LogP contribution in [0.15, 0.2) is 41.3 Å². The number of nitrogens with zero attached hydrogens (tertiary/aromatic N) is 2. The minimum Gasteiger partial charge on any atom is -0.495 e. The van der Waals surface area contributed by atoms with E-state index in [4.69, 9.17) is 9.47 Å². The summed E-state index contributed by atoms with van der Waals surface area (Å²) in [5.41, 5.74) is 1.75. The maximum atomic E-state index is 13.9. The van der Waals surface area contributed by atoms with Crippen molar-refractivity contribution in [2.45, 2.75) is 63.3 Å². The maximum absolute atomic E-state index is 13.9. The van der Waals surface area contributed by atoms with Crippen molar-refractivity contribution in [1.82, 2.24) is 4.31 Å². The predicted octanol–water partition coefficient (Wildman–Crippen LogP) is 4.81. The number of anilines is 1. The van der Waals surface area contributed by atoms with Crippen molar-refractivity contribution in [3.8, 4) is 11.5 Å². The third-order valence-corrected chi connectivity index (χ3v) is 8.71. The minimum atomic E-state index is -3.76. The molecule has 1 amide bonds. The fourth-order valence-electron chi connectivity index (χ4n) is 5.26. The molecule has 1 atom stereocenters. The Balaban J connectivity index is 1.79. The molecule has 0 spiro atoms. The van der Waals surface area contributed by atoms with E-state index < -0.39 is 15.6 Å². The zero-order chi connectivity index (χ0) is 24.7. The zero-order valence-electron chi connectivity index (χ0n) is 20.6. The van der Waals surface area contributed by atoms with Crippen molar-refractivity contribution >= 4 is 21.6 Å². The first-order chi connectivity index (χ1) is 16.1. The molecule has 1 fully saturated rings. The van der Waals surface area contributed by atoms with Gasteiger partial charge < -0.3 is 14.4 Å². The number of hydrogen-bond donors (Lipinski definition) is 0. The number of amides is 1. The number of sulfonamides is 1. The van der Waals surface area contributed by atoms with Crippen molar-refractivity contribution in [3.05, 3.63) is 47.5 Å². The maximum Gasteiger partial charge on any atom is 0.258 e. The van der Waals surface area contributed by atoms with Crippen LogP contribution in [0, 0.1) is 0 Å². The van der Waals surface area contributed by atoms with Crippen LogP contribution < -0.4 is 14.4 Å². The van der Waals surface area contributed by atoms with E-state index in [2.05, 4.69) is 6.92 Å². The van der Waals surface area contributed by atoms with Crippen LogP contribution in [0.25, 0.3) is 0 Å². The first-order valence-electron chi connectivity index (χ1n) is 11.9. The predicted molar refractivity (Wildman–Crippen MR) is 133 cm³/mol. The summed E-state index contributed by atoms with van der Waals surface area (Å²) in [4.78, 5) is 15.8. The lowest BCUT2D eigenvalue weighted by molar-refractivity contribution is 0.0953. The smallest absolute Gasteiger partial charge is 0.258 e. The highest BCUT2D eigenvalue weighted by molar-refractivity contribution is 7.89. The molecule has 8 heteroatoms. The lowest BCUT2D eigenvalue weighted by atomic mass is 9.79. The molecule has 0 saturated carbocycles. The third-order valence-electron chi connectivity index (χ3n) is 6.79. The topological polar surface area (TPSA) is 76.1 Å². The standard InChI is InChI=1S/C26H34N2O5S/c1-6-33-20-10-11-22-21(16-20)18(2)17-26(3,4)28(22)25(29)19-9-12-23(32-5)24(15-19)34(30,31)27-13-7-8-14-27/h9-12,15-16,18H,6-8,13-14,17H2,1-5H3/t18-/m1/s1. The summed E-state index contributed by atoms with van der Waals surface area (Å²) in [5.74, 6) is 1.04. The normalized spacial score (nSPS) is 20.1. The molecule has 2 aromatic carbocycles. The van der Waals surface area contributed by atoms with Crippen molar-refractivity contribution in [2.24, 2.45) is 0 Å². The van der Waals surface area contributed by atoms with Gasteiger partial charge in [-0.3, -0.25) is 4.79 Å². The molecule has 2 aliphatic heterocycles. The van der Waals surface area contributed by atoms with E-state index in [9.17, 15) is 13.2 Å². The summed E-state index contributed by atoms with van der Waals surface area (Å²) in [5, 5.41) is 0. The summed E-state index contributed by atoms with van der Waals surface area (Å²) in [6, 6.07) is 10.5. The Kier molecular flexibility index (Phi) is 6.66. The molecule has 7 nitrogen and oxygen atoms in total. The molecule has 0 N–H and O–H groups in total. The summed E-state index contributed by atoms with van der Waals surface area (Å²) >= 11 is 0. The van der Waals surface area contributed by atoms with E-state index in [1.54, 1.807) is 17.0 Å². The van der Waals surface area contributed by atoms with Crippen LogP contribution in [-0.4, -0.2) is 51.0 Å². The number of carbonyl (C=O) groups is 1. The van der Waals surface area contributed by atoms with Crippen LogP contribution in [0.5, 0.6) is 11.5 Å². The molecule has 2 aliphatic rings. The second-order valence-electron chi connectivity index (χ2n) is 9.69. The fourth-order valence-corrected chi connectivity index (χ4v) is 6.95. The number of benzene rings is 2. The second kappa shape index (κ2) is 9.23. The van der Waals surface area contributed by atoms with Gasteiger partial charge in [0.2, 0.25) is 10.0 Å². The molecule has 4 rings (SSSR count). The summed E-state index contributed by atoms with van der Waals surface area (Å²) in [6.45, 7) is 9.73. The van der Waals surface area contributed by atoms with E-state index in [0.717, 1.165) is 36.3 Å². The largest absolute Gasteiger partial charge is 0.495 e.